The van der Waals surface area contributed by atoms with Gasteiger partial charge in [-0.1, -0.05) is 54.0 Å². The molecule has 0 bridgehead atoms. The van der Waals surface area contributed by atoms with Crippen molar-refractivity contribution in [1.29, 1.82) is 0 Å². The average Bonchev–Trinajstić information content (AvgIpc) is 2.18. The fourth-order valence-electron chi connectivity index (χ4n) is 1.42. The molecule has 1 aromatic rings. The maximum atomic E-state index is 3.48. The van der Waals surface area contributed by atoms with Gasteiger partial charge in [-0.25, -0.2) is 0 Å². The van der Waals surface area contributed by atoms with Gasteiger partial charge in [-0.05, 0) is 29.9 Å². The molecule has 0 amide bonds. The lowest BCUT2D eigenvalue weighted by Crippen LogP contribution is -2.06. The number of rotatable bonds is 4. The summed E-state index contributed by atoms with van der Waals surface area (Å²) in [4.78, 5) is 0. The third kappa shape index (κ3) is 3.15. The standard InChI is InChI=1S/C12H16Br/c1-10(8-9-13)11(2)12-6-4-3-5-7-12/h3-6,10-11H,8-9H2,1-2H3. The van der Waals surface area contributed by atoms with Gasteiger partial charge in [0.2, 0.25) is 0 Å². The summed E-state index contributed by atoms with van der Waals surface area (Å²) in [6.45, 7) is 4.58. The first kappa shape index (κ1) is 10.8. The molecule has 71 valence electrons. The van der Waals surface area contributed by atoms with Crippen molar-refractivity contribution in [3.63, 3.8) is 0 Å². The quantitative estimate of drug-likeness (QED) is 0.697. The highest BCUT2D eigenvalue weighted by Crippen LogP contribution is 2.26. The molecule has 0 spiro atoms. The Balaban J connectivity index is 2.62. The van der Waals surface area contributed by atoms with Crippen molar-refractivity contribution < 1.29 is 0 Å². The molecule has 0 saturated carbocycles. The zero-order chi connectivity index (χ0) is 9.68. The highest BCUT2D eigenvalue weighted by molar-refractivity contribution is 9.09. The van der Waals surface area contributed by atoms with Gasteiger partial charge in [0.05, 0.1) is 0 Å². The van der Waals surface area contributed by atoms with Crippen LogP contribution < -0.4 is 0 Å². The Bertz CT molecular complexity index is 230. The molecule has 0 aliphatic heterocycles. The SMILES string of the molecule is CC(CCBr)C(C)c1[c]cccc1. The van der Waals surface area contributed by atoms with Gasteiger partial charge in [0.1, 0.15) is 0 Å². The molecule has 13 heavy (non-hydrogen) atoms. The first-order valence-electron chi connectivity index (χ1n) is 4.78. The first-order chi connectivity index (χ1) is 6.25. The number of hydrogen-bond acceptors (Lipinski definition) is 0. The zero-order valence-electron chi connectivity index (χ0n) is 8.26. The predicted octanol–water partition coefficient (Wildman–Crippen LogP) is 4.01. The molecular formula is C12H16Br. The van der Waals surface area contributed by atoms with Crippen LogP contribution in [0.2, 0.25) is 0 Å². The van der Waals surface area contributed by atoms with Crippen molar-refractivity contribution >= 4 is 15.9 Å². The minimum absolute atomic E-state index is 0.610. The molecule has 0 heterocycles. The van der Waals surface area contributed by atoms with Crippen LogP contribution in [0.5, 0.6) is 0 Å². The Morgan fingerprint density at radius 2 is 2.15 bits per heavy atom. The van der Waals surface area contributed by atoms with E-state index in [1.54, 1.807) is 0 Å². The molecule has 1 radical (unpaired) electrons. The summed E-state index contributed by atoms with van der Waals surface area (Å²) in [5, 5.41) is 1.09. The smallest absolute Gasteiger partial charge is 0.00340 e. The third-order valence-corrected chi connectivity index (χ3v) is 3.10. The van der Waals surface area contributed by atoms with Crippen LogP contribution >= 0.6 is 15.9 Å². The van der Waals surface area contributed by atoms with Gasteiger partial charge in [0.15, 0.2) is 0 Å². The van der Waals surface area contributed by atoms with E-state index in [1.165, 1.54) is 12.0 Å². The molecule has 2 unspecified atom stereocenters. The molecule has 0 nitrogen and oxygen atoms in total. The summed E-state index contributed by atoms with van der Waals surface area (Å²) in [6, 6.07) is 11.6. The minimum atomic E-state index is 0.610. The van der Waals surface area contributed by atoms with Crippen LogP contribution in [0.4, 0.5) is 0 Å². The summed E-state index contributed by atoms with van der Waals surface area (Å²) in [5.41, 5.74) is 1.33. The lowest BCUT2D eigenvalue weighted by molar-refractivity contribution is 0.477. The first-order valence-corrected chi connectivity index (χ1v) is 5.90. The molecule has 1 aromatic carbocycles. The Hall–Kier alpha value is -0.300. The summed E-state index contributed by atoms with van der Waals surface area (Å²) in [7, 11) is 0. The molecule has 0 saturated heterocycles. The average molecular weight is 240 g/mol. The highest BCUT2D eigenvalue weighted by Gasteiger charge is 2.12. The molecule has 1 heteroatoms. The van der Waals surface area contributed by atoms with Gasteiger partial charge in [-0.15, -0.1) is 0 Å². The largest absolute Gasteiger partial charge is 0.0928 e. The Morgan fingerprint density at radius 3 is 2.69 bits per heavy atom. The normalized spacial score (nSPS) is 15.3. The summed E-state index contributed by atoms with van der Waals surface area (Å²) < 4.78 is 0. The van der Waals surface area contributed by atoms with Crippen molar-refractivity contribution in [2.45, 2.75) is 26.2 Å². The second kappa shape index (κ2) is 5.43. The van der Waals surface area contributed by atoms with Crippen LogP contribution in [0, 0.1) is 12.0 Å². The number of hydrogen-bond donors (Lipinski definition) is 0. The Morgan fingerprint density at radius 1 is 1.38 bits per heavy atom. The highest BCUT2D eigenvalue weighted by atomic mass is 79.9. The molecule has 0 aliphatic carbocycles. The van der Waals surface area contributed by atoms with Crippen LogP contribution in [0.1, 0.15) is 31.7 Å². The molecular weight excluding hydrogens is 224 g/mol. The summed E-state index contributed by atoms with van der Waals surface area (Å²) >= 11 is 3.48. The van der Waals surface area contributed by atoms with E-state index in [1.807, 2.05) is 12.1 Å². The van der Waals surface area contributed by atoms with E-state index < -0.39 is 0 Å². The van der Waals surface area contributed by atoms with E-state index in [0.29, 0.717) is 5.92 Å². The van der Waals surface area contributed by atoms with Crippen LogP contribution in [0.25, 0.3) is 0 Å². The Kier molecular flexibility index (Phi) is 4.51. The zero-order valence-corrected chi connectivity index (χ0v) is 9.84. The molecule has 0 aliphatic rings. The van der Waals surface area contributed by atoms with Crippen molar-refractivity contribution in [2.75, 3.05) is 5.33 Å². The van der Waals surface area contributed by atoms with E-state index in [4.69, 9.17) is 0 Å². The van der Waals surface area contributed by atoms with Crippen LogP contribution in [-0.4, -0.2) is 5.33 Å². The van der Waals surface area contributed by atoms with Gasteiger partial charge in [-0.3, -0.25) is 0 Å². The fourth-order valence-corrected chi connectivity index (χ4v) is 2.14. The van der Waals surface area contributed by atoms with Crippen LogP contribution in [-0.2, 0) is 0 Å². The molecule has 2 atom stereocenters. The van der Waals surface area contributed by atoms with E-state index in [0.717, 1.165) is 11.2 Å². The maximum Gasteiger partial charge on any atom is 0.00340 e. The lowest BCUT2D eigenvalue weighted by Gasteiger charge is -2.18. The molecule has 0 aromatic heterocycles. The van der Waals surface area contributed by atoms with Gasteiger partial charge >= 0.3 is 0 Å². The monoisotopic (exact) mass is 239 g/mol. The fraction of sp³-hybridized carbons (Fsp3) is 0.500. The minimum Gasteiger partial charge on any atom is -0.0928 e. The second-order valence-electron chi connectivity index (χ2n) is 3.56. The summed E-state index contributed by atoms with van der Waals surface area (Å²) in [6.07, 6.45) is 1.23. The molecule has 0 fully saturated rings. The van der Waals surface area contributed by atoms with E-state index in [-0.39, 0.29) is 0 Å². The van der Waals surface area contributed by atoms with Gasteiger partial charge in [0.25, 0.3) is 0 Å². The van der Waals surface area contributed by atoms with Crippen molar-refractivity contribution in [2.24, 2.45) is 5.92 Å². The molecule has 1 rings (SSSR count). The molecule has 0 N–H and O–H groups in total. The number of benzene rings is 1. The van der Waals surface area contributed by atoms with Crippen LogP contribution in [0.3, 0.4) is 0 Å². The topological polar surface area (TPSA) is 0 Å². The number of alkyl halides is 1. The van der Waals surface area contributed by atoms with Gasteiger partial charge in [0, 0.05) is 5.33 Å². The predicted molar refractivity (Wildman–Crippen MR) is 61.3 cm³/mol. The van der Waals surface area contributed by atoms with E-state index in [9.17, 15) is 0 Å². The van der Waals surface area contributed by atoms with Gasteiger partial charge in [-0.2, -0.15) is 0 Å². The third-order valence-electron chi connectivity index (χ3n) is 2.64. The summed E-state index contributed by atoms with van der Waals surface area (Å²) in [5.74, 6) is 1.33. The lowest BCUT2D eigenvalue weighted by atomic mass is 9.87. The van der Waals surface area contributed by atoms with E-state index in [2.05, 4.69) is 48.0 Å². The van der Waals surface area contributed by atoms with Crippen molar-refractivity contribution in [3.8, 4) is 0 Å². The number of halogens is 1. The van der Waals surface area contributed by atoms with Crippen molar-refractivity contribution in [1.82, 2.24) is 0 Å². The maximum absolute atomic E-state index is 3.48. The van der Waals surface area contributed by atoms with E-state index >= 15 is 0 Å². The second-order valence-corrected chi connectivity index (χ2v) is 4.35. The van der Waals surface area contributed by atoms with Crippen molar-refractivity contribution in [3.05, 3.63) is 35.9 Å². The van der Waals surface area contributed by atoms with Crippen LogP contribution in [0.15, 0.2) is 24.3 Å². The Labute approximate surface area is 89.5 Å². The van der Waals surface area contributed by atoms with Gasteiger partial charge < -0.3 is 0 Å².